The predicted octanol–water partition coefficient (Wildman–Crippen LogP) is 4.72. The Morgan fingerprint density at radius 3 is 2.51 bits per heavy atom. The molecule has 3 heterocycles. The molecule has 35 heavy (non-hydrogen) atoms. The van der Waals surface area contributed by atoms with Crippen LogP contribution in [0.1, 0.15) is 22.9 Å². The van der Waals surface area contributed by atoms with Crippen LogP contribution in [-0.2, 0) is 16.1 Å². The van der Waals surface area contributed by atoms with Crippen molar-refractivity contribution in [2.75, 3.05) is 40.1 Å². The molecule has 0 N–H and O–H groups in total. The molecule has 0 spiro atoms. The van der Waals surface area contributed by atoms with Crippen molar-refractivity contribution < 1.29 is 23.5 Å². The zero-order chi connectivity index (χ0) is 24.5. The number of halogens is 2. The van der Waals surface area contributed by atoms with E-state index in [9.17, 15) is 4.79 Å². The number of aryl methyl sites for hydroxylation is 1. The fraction of sp³-hybridized carbons (Fsp3) is 0.360. The van der Waals surface area contributed by atoms with E-state index in [1.807, 2.05) is 12.1 Å². The van der Waals surface area contributed by atoms with Crippen molar-refractivity contribution in [3.63, 3.8) is 0 Å². The first-order chi connectivity index (χ1) is 17.0. The second-order valence-corrected chi connectivity index (χ2v) is 9.34. The number of rotatable bonds is 6. The van der Waals surface area contributed by atoms with Crippen LogP contribution < -0.4 is 9.47 Å². The molecule has 2 aliphatic heterocycles. The molecule has 2 aromatic carbocycles. The first-order valence-electron chi connectivity index (χ1n) is 11.3. The number of methoxy groups -OCH3 is 1. The number of esters is 1. The van der Waals surface area contributed by atoms with E-state index < -0.39 is 6.04 Å². The highest BCUT2D eigenvalue weighted by Crippen LogP contribution is 2.41. The van der Waals surface area contributed by atoms with Crippen LogP contribution in [0, 0.1) is 6.92 Å². The van der Waals surface area contributed by atoms with E-state index in [0.29, 0.717) is 45.7 Å². The highest BCUT2D eigenvalue weighted by atomic mass is 35.5. The number of nitrogens with zero attached hydrogens (tertiary/aromatic N) is 3. The zero-order valence-electron chi connectivity index (χ0n) is 19.4. The normalized spacial score (nSPS) is 16.9. The molecular weight excluding hydrogens is 493 g/mol. The molecule has 0 saturated carbocycles. The minimum Gasteiger partial charge on any atom is -0.468 e. The van der Waals surface area contributed by atoms with Crippen molar-refractivity contribution in [3.8, 4) is 22.8 Å². The van der Waals surface area contributed by atoms with E-state index in [1.54, 1.807) is 25.1 Å². The SMILES string of the molecule is COC(=O)C(c1c(-c2c(Cl)cccc2Cl)noc1C)N1CCN(Cc2ccc3c(c2)OCO3)CC1. The van der Waals surface area contributed by atoms with Gasteiger partial charge in [-0.3, -0.25) is 9.80 Å². The lowest BCUT2D eigenvalue weighted by Crippen LogP contribution is -2.49. The number of aromatic nitrogens is 1. The molecule has 1 atom stereocenters. The molecule has 5 rings (SSSR count). The summed E-state index contributed by atoms with van der Waals surface area (Å²) in [4.78, 5) is 17.5. The van der Waals surface area contributed by atoms with Crippen LogP contribution >= 0.6 is 23.2 Å². The van der Waals surface area contributed by atoms with Crippen LogP contribution in [0.5, 0.6) is 11.5 Å². The summed E-state index contributed by atoms with van der Waals surface area (Å²) in [5.41, 5.74) is 2.77. The monoisotopic (exact) mass is 517 g/mol. The summed E-state index contributed by atoms with van der Waals surface area (Å²) in [5.74, 6) is 1.69. The molecule has 10 heteroatoms. The Labute approximate surface area is 213 Å². The van der Waals surface area contributed by atoms with Crippen LogP contribution in [0.25, 0.3) is 11.3 Å². The molecule has 0 bridgehead atoms. The highest BCUT2D eigenvalue weighted by molar-refractivity contribution is 6.39. The Morgan fingerprint density at radius 2 is 1.80 bits per heavy atom. The van der Waals surface area contributed by atoms with E-state index in [-0.39, 0.29) is 12.8 Å². The summed E-state index contributed by atoms with van der Waals surface area (Å²) in [6.45, 7) is 5.68. The second-order valence-electron chi connectivity index (χ2n) is 8.52. The van der Waals surface area contributed by atoms with Crippen LogP contribution in [0.15, 0.2) is 40.9 Å². The third-order valence-electron chi connectivity index (χ3n) is 6.42. The predicted molar refractivity (Wildman–Crippen MR) is 131 cm³/mol. The molecule has 1 saturated heterocycles. The van der Waals surface area contributed by atoms with Gasteiger partial charge < -0.3 is 18.7 Å². The Kier molecular flexibility index (Phi) is 6.88. The van der Waals surface area contributed by atoms with Gasteiger partial charge in [0.05, 0.1) is 22.7 Å². The van der Waals surface area contributed by atoms with Gasteiger partial charge in [0.2, 0.25) is 6.79 Å². The largest absolute Gasteiger partial charge is 0.468 e. The van der Waals surface area contributed by atoms with E-state index in [1.165, 1.54) is 7.11 Å². The van der Waals surface area contributed by atoms with Gasteiger partial charge in [-0.05, 0) is 36.8 Å². The van der Waals surface area contributed by atoms with Gasteiger partial charge in [0.1, 0.15) is 17.5 Å². The molecule has 2 aliphatic rings. The number of benzene rings is 2. The van der Waals surface area contributed by atoms with Gasteiger partial charge in [0, 0.05) is 38.3 Å². The van der Waals surface area contributed by atoms with Gasteiger partial charge in [0.15, 0.2) is 11.5 Å². The molecule has 1 unspecified atom stereocenters. The zero-order valence-corrected chi connectivity index (χ0v) is 20.9. The Hall–Kier alpha value is -2.78. The van der Waals surface area contributed by atoms with Gasteiger partial charge >= 0.3 is 5.97 Å². The minimum atomic E-state index is -0.693. The van der Waals surface area contributed by atoms with Crippen molar-refractivity contribution >= 4 is 29.2 Å². The summed E-state index contributed by atoms with van der Waals surface area (Å²) in [6.07, 6.45) is 0. The summed E-state index contributed by atoms with van der Waals surface area (Å²) in [7, 11) is 1.39. The maximum Gasteiger partial charge on any atom is 0.327 e. The molecule has 1 aromatic heterocycles. The van der Waals surface area contributed by atoms with Crippen molar-refractivity contribution in [2.45, 2.75) is 19.5 Å². The highest BCUT2D eigenvalue weighted by Gasteiger charge is 2.37. The van der Waals surface area contributed by atoms with Gasteiger partial charge in [-0.1, -0.05) is 40.5 Å². The molecule has 8 nitrogen and oxygen atoms in total. The lowest BCUT2D eigenvalue weighted by atomic mass is 9.98. The molecule has 3 aromatic rings. The molecule has 0 radical (unpaired) electrons. The van der Waals surface area contributed by atoms with Crippen LogP contribution in [0.4, 0.5) is 0 Å². The van der Waals surface area contributed by atoms with Crippen molar-refractivity contribution in [1.82, 2.24) is 15.0 Å². The standard InChI is InChI=1S/C25H25Cl2N3O5/c1-15-21(23(28-35-15)22-17(26)4-3-5-18(22)27)24(25(31)32-2)30-10-8-29(9-11-30)13-16-6-7-19-20(12-16)34-14-33-19/h3-7,12,24H,8-11,13-14H2,1-2H3. The summed E-state index contributed by atoms with van der Waals surface area (Å²) in [5, 5.41) is 5.10. The fourth-order valence-electron chi connectivity index (χ4n) is 4.64. The quantitative estimate of drug-likeness (QED) is 0.434. The van der Waals surface area contributed by atoms with Gasteiger partial charge in [0.25, 0.3) is 0 Å². The van der Waals surface area contributed by atoms with Gasteiger partial charge in [-0.2, -0.15) is 0 Å². The average molecular weight is 518 g/mol. The summed E-state index contributed by atoms with van der Waals surface area (Å²) < 4.78 is 21.6. The van der Waals surface area contributed by atoms with Gasteiger partial charge in [-0.25, -0.2) is 4.79 Å². The van der Waals surface area contributed by atoms with Crippen molar-refractivity contribution in [2.24, 2.45) is 0 Å². The Bertz CT molecular complexity index is 1220. The topological polar surface area (TPSA) is 77.3 Å². The molecule has 184 valence electrons. The summed E-state index contributed by atoms with van der Waals surface area (Å²) >= 11 is 12.9. The number of ether oxygens (including phenoxy) is 3. The number of hydrogen-bond acceptors (Lipinski definition) is 8. The molecule has 0 aliphatic carbocycles. The number of carbonyl (C=O) groups is 1. The van der Waals surface area contributed by atoms with E-state index >= 15 is 0 Å². The van der Waals surface area contributed by atoms with Crippen LogP contribution in [0.3, 0.4) is 0 Å². The molecule has 0 amide bonds. The van der Waals surface area contributed by atoms with E-state index in [2.05, 4.69) is 21.0 Å². The Morgan fingerprint density at radius 1 is 1.09 bits per heavy atom. The van der Waals surface area contributed by atoms with Crippen molar-refractivity contribution in [3.05, 3.63) is 63.3 Å². The first-order valence-corrected chi connectivity index (χ1v) is 12.0. The Balaban J connectivity index is 1.37. The molecule has 1 fully saturated rings. The number of carbonyl (C=O) groups excluding carboxylic acids is 1. The minimum absolute atomic E-state index is 0.260. The van der Waals surface area contributed by atoms with Crippen LogP contribution in [0.2, 0.25) is 10.0 Å². The average Bonchev–Trinajstić information content (AvgIpc) is 3.47. The number of fused-ring (bicyclic) bond motifs is 1. The lowest BCUT2D eigenvalue weighted by Gasteiger charge is -2.38. The lowest BCUT2D eigenvalue weighted by molar-refractivity contribution is -0.148. The van der Waals surface area contributed by atoms with E-state index in [4.69, 9.17) is 41.9 Å². The third-order valence-corrected chi connectivity index (χ3v) is 7.05. The van der Waals surface area contributed by atoms with E-state index in [0.717, 1.165) is 36.7 Å². The maximum atomic E-state index is 13.1. The fourth-order valence-corrected chi connectivity index (χ4v) is 5.22. The second kappa shape index (κ2) is 10.1. The number of hydrogen-bond donors (Lipinski definition) is 0. The van der Waals surface area contributed by atoms with Gasteiger partial charge in [-0.15, -0.1) is 0 Å². The first kappa shape index (κ1) is 23.9. The molecular formula is C25H25Cl2N3O5. The number of piperazine rings is 1. The summed E-state index contributed by atoms with van der Waals surface area (Å²) in [6, 6.07) is 10.6. The van der Waals surface area contributed by atoms with Crippen molar-refractivity contribution in [1.29, 1.82) is 0 Å². The van der Waals surface area contributed by atoms with Crippen LogP contribution in [-0.4, -0.2) is 61.0 Å². The smallest absolute Gasteiger partial charge is 0.327 e. The third kappa shape index (κ3) is 4.71. The maximum absolute atomic E-state index is 13.1.